The summed E-state index contributed by atoms with van der Waals surface area (Å²) in [6.45, 7) is 4.20. The average Bonchev–Trinajstić information content (AvgIpc) is 3.06. The molecule has 2 aromatic heterocycles. The Balaban J connectivity index is 2.21. The molecule has 0 aliphatic heterocycles. The molecule has 0 amide bonds. The monoisotopic (exact) mass is 262 g/mol. The number of nitrogens with zero attached hydrogens (tertiary/aromatic N) is 1. The van der Waals surface area contributed by atoms with Crippen molar-refractivity contribution in [2.24, 2.45) is 0 Å². The van der Waals surface area contributed by atoms with Crippen LogP contribution < -0.4 is 0 Å². The van der Waals surface area contributed by atoms with Crippen molar-refractivity contribution in [2.45, 2.75) is 32.6 Å². The molecule has 0 bridgehead atoms. The second kappa shape index (κ2) is 4.03. The molecular formula is C13H14N2S2. The number of thiophene rings is 1. The van der Waals surface area contributed by atoms with Gasteiger partial charge >= 0.3 is 0 Å². The highest BCUT2D eigenvalue weighted by Crippen LogP contribution is 2.39. The maximum atomic E-state index is 5.36. The molecule has 4 heteroatoms. The van der Waals surface area contributed by atoms with Gasteiger partial charge in [-0.1, -0.05) is 12.2 Å². The zero-order chi connectivity index (χ0) is 12.0. The lowest BCUT2D eigenvalue weighted by Crippen LogP contribution is -1.99. The molecule has 0 atom stereocenters. The quantitative estimate of drug-likeness (QED) is 0.814. The normalized spacial score (nSPS) is 15.2. The van der Waals surface area contributed by atoms with Crippen LogP contribution >= 0.6 is 23.6 Å². The van der Waals surface area contributed by atoms with E-state index in [0.29, 0.717) is 5.92 Å². The SMILES string of the molecule is Cc1sccc1-c1[nH]c(C2CC2)nc(=S)c1C. The number of hydrogen-bond donors (Lipinski definition) is 1. The summed E-state index contributed by atoms with van der Waals surface area (Å²) < 4.78 is 0.742. The highest BCUT2D eigenvalue weighted by molar-refractivity contribution is 7.71. The molecule has 2 heterocycles. The number of aryl methyl sites for hydroxylation is 1. The third-order valence-electron chi connectivity index (χ3n) is 3.26. The maximum absolute atomic E-state index is 5.36. The van der Waals surface area contributed by atoms with Gasteiger partial charge in [-0.05, 0) is 38.1 Å². The van der Waals surface area contributed by atoms with Gasteiger partial charge in [0.25, 0.3) is 0 Å². The third-order valence-corrected chi connectivity index (χ3v) is 4.51. The molecule has 0 aromatic carbocycles. The largest absolute Gasteiger partial charge is 0.343 e. The van der Waals surface area contributed by atoms with E-state index in [-0.39, 0.29) is 0 Å². The topological polar surface area (TPSA) is 28.7 Å². The van der Waals surface area contributed by atoms with Crippen LogP contribution in [0.5, 0.6) is 0 Å². The average molecular weight is 262 g/mol. The van der Waals surface area contributed by atoms with Crippen molar-refractivity contribution in [3.05, 3.63) is 32.4 Å². The van der Waals surface area contributed by atoms with E-state index in [1.807, 2.05) is 0 Å². The van der Waals surface area contributed by atoms with Crippen molar-refractivity contribution < 1.29 is 0 Å². The Morgan fingerprint density at radius 1 is 1.41 bits per heavy atom. The lowest BCUT2D eigenvalue weighted by Gasteiger charge is -2.08. The zero-order valence-electron chi connectivity index (χ0n) is 9.91. The van der Waals surface area contributed by atoms with Crippen LogP contribution in [0.15, 0.2) is 11.4 Å². The van der Waals surface area contributed by atoms with Gasteiger partial charge in [0.1, 0.15) is 10.5 Å². The van der Waals surface area contributed by atoms with Crippen LogP contribution in [0.25, 0.3) is 11.3 Å². The minimum Gasteiger partial charge on any atom is -0.343 e. The summed E-state index contributed by atoms with van der Waals surface area (Å²) >= 11 is 7.13. The molecule has 1 saturated carbocycles. The summed E-state index contributed by atoms with van der Waals surface area (Å²) in [4.78, 5) is 9.31. The standard InChI is InChI=1S/C13H14N2S2/c1-7-11(10-5-6-17-8(10)2)14-12(9-3-4-9)15-13(7)16/h5-6,9H,3-4H2,1-2H3,(H,14,15,16). The van der Waals surface area contributed by atoms with E-state index in [0.717, 1.165) is 21.7 Å². The van der Waals surface area contributed by atoms with E-state index in [9.17, 15) is 0 Å². The van der Waals surface area contributed by atoms with E-state index < -0.39 is 0 Å². The number of aromatic amines is 1. The molecule has 1 aliphatic carbocycles. The van der Waals surface area contributed by atoms with E-state index in [1.165, 1.54) is 23.3 Å². The van der Waals surface area contributed by atoms with Gasteiger partial charge in [0.15, 0.2) is 0 Å². The van der Waals surface area contributed by atoms with Crippen LogP contribution in [0.2, 0.25) is 0 Å². The van der Waals surface area contributed by atoms with E-state index in [2.05, 4.69) is 35.3 Å². The summed E-state index contributed by atoms with van der Waals surface area (Å²) in [6, 6.07) is 2.16. The first-order valence-corrected chi connectivity index (χ1v) is 7.11. The van der Waals surface area contributed by atoms with Crippen LogP contribution in [0.4, 0.5) is 0 Å². The van der Waals surface area contributed by atoms with Gasteiger partial charge < -0.3 is 4.98 Å². The molecule has 1 fully saturated rings. The van der Waals surface area contributed by atoms with Gasteiger partial charge in [0.2, 0.25) is 0 Å². The molecule has 3 rings (SSSR count). The highest BCUT2D eigenvalue weighted by atomic mass is 32.1. The van der Waals surface area contributed by atoms with Crippen molar-refractivity contribution in [3.63, 3.8) is 0 Å². The molecule has 88 valence electrons. The Morgan fingerprint density at radius 2 is 2.18 bits per heavy atom. The Morgan fingerprint density at radius 3 is 2.76 bits per heavy atom. The first-order chi connectivity index (χ1) is 8.16. The first kappa shape index (κ1) is 11.1. The number of hydrogen-bond acceptors (Lipinski definition) is 3. The predicted octanol–water partition coefficient (Wildman–Crippen LogP) is 4.36. The summed E-state index contributed by atoms with van der Waals surface area (Å²) in [6.07, 6.45) is 2.48. The lowest BCUT2D eigenvalue weighted by atomic mass is 10.1. The van der Waals surface area contributed by atoms with Gasteiger partial charge in [-0.15, -0.1) is 11.3 Å². The molecule has 0 unspecified atom stereocenters. The molecule has 0 spiro atoms. The summed E-state index contributed by atoms with van der Waals surface area (Å²) in [5, 5.41) is 2.12. The van der Waals surface area contributed by atoms with Gasteiger partial charge in [-0.3, -0.25) is 0 Å². The summed E-state index contributed by atoms with van der Waals surface area (Å²) in [5.74, 6) is 1.68. The van der Waals surface area contributed by atoms with E-state index in [4.69, 9.17) is 12.2 Å². The minimum atomic E-state index is 0.606. The van der Waals surface area contributed by atoms with Crippen molar-refractivity contribution in [1.82, 2.24) is 9.97 Å². The fraction of sp³-hybridized carbons (Fsp3) is 0.385. The Hall–Kier alpha value is -1.00. The Labute approximate surface area is 110 Å². The summed E-state index contributed by atoms with van der Waals surface area (Å²) in [7, 11) is 0. The molecule has 0 radical (unpaired) electrons. The fourth-order valence-corrected chi connectivity index (χ4v) is 2.92. The van der Waals surface area contributed by atoms with Gasteiger partial charge in [0.05, 0.1) is 5.69 Å². The van der Waals surface area contributed by atoms with Crippen molar-refractivity contribution >= 4 is 23.6 Å². The lowest BCUT2D eigenvalue weighted by molar-refractivity contribution is 0.914. The summed E-state index contributed by atoms with van der Waals surface area (Å²) in [5.41, 5.74) is 3.51. The molecule has 17 heavy (non-hydrogen) atoms. The van der Waals surface area contributed by atoms with Crippen molar-refractivity contribution in [1.29, 1.82) is 0 Å². The molecule has 2 aromatic rings. The number of rotatable bonds is 2. The minimum absolute atomic E-state index is 0.606. The maximum Gasteiger partial charge on any atom is 0.133 e. The third kappa shape index (κ3) is 1.96. The Kier molecular flexibility index (Phi) is 2.64. The second-order valence-electron chi connectivity index (χ2n) is 4.59. The predicted molar refractivity (Wildman–Crippen MR) is 74.2 cm³/mol. The van der Waals surface area contributed by atoms with Gasteiger partial charge in [-0.2, -0.15) is 0 Å². The van der Waals surface area contributed by atoms with Gasteiger partial charge in [0, 0.05) is 21.9 Å². The number of aromatic nitrogens is 2. The molecule has 1 aliphatic rings. The smallest absolute Gasteiger partial charge is 0.133 e. The van der Waals surface area contributed by atoms with Gasteiger partial charge in [-0.25, -0.2) is 4.98 Å². The van der Waals surface area contributed by atoms with Crippen molar-refractivity contribution in [2.75, 3.05) is 0 Å². The van der Waals surface area contributed by atoms with E-state index in [1.54, 1.807) is 11.3 Å². The van der Waals surface area contributed by atoms with E-state index >= 15 is 0 Å². The number of nitrogens with one attached hydrogen (secondary N) is 1. The van der Waals surface area contributed by atoms with Crippen LogP contribution in [-0.2, 0) is 0 Å². The second-order valence-corrected chi connectivity index (χ2v) is 6.10. The Bertz CT molecular complexity index is 621. The highest BCUT2D eigenvalue weighted by Gasteiger charge is 2.26. The van der Waals surface area contributed by atoms with Crippen LogP contribution in [-0.4, -0.2) is 9.97 Å². The molecule has 1 N–H and O–H groups in total. The van der Waals surface area contributed by atoms with Crippen molar-refractivity contribution in [3.8, 4) is 11.3 Å². The van der Waals surface area contributed by atoms with Crippen LogP contribution in [0, 0.1) is 18.5 Å². The molecule has 0 saturated heterocycles. The van der Waals surface area contributed by atoms with Crippen LogP contribution in [0.3, 0.4) is 0 Å². The van der Waals surface area contributed by atoms with Crippen LogP contribution in [0.1, 0.15) is 35.0 Å². The molecule has 2 nitrogen and oxygen atoms in total. The first-order valence-electron chi connectivity index (χ1n) is 5.82. The fourth-order valence-electron chi connectivity index (χ4n) is 2.01. The number of H-pyrrole nitrogens is 1. The zero-order valence-corrected chi connectivity index (χ0v) is 11.5. The molecular weight excluding hydrogens is 248 g/mol.